The number of hydrogen-bond donors (Lipinski definition) is 1. The van der Waals surface area contributed by atoms with Crippen molar-refractivity contribution < 1.29 is 0 Å². The van der Waals surface area contributed by atoms with Gasteiger partial charge in [-0.25, -0.2) is 4.99 Å². The monoisotopic (exact) mass is 349 g/mol. The topological polar surface area (TPSA) is 27.6 Å². The molecule has 2 rings (SSSR count). The van der Waals surface area contributed by atoms with Crippen molar-refractivity contribution in [3.63, 3.8) is 0 Å². The van der Waals surface area contributed by atoms with Crippen LogP contribution in [0.15, 0.2) is 41.4 Å². The molecule has 0 bridgehead atoms. The SMILES string of the molecule is CCN(C)/C=N\c1cc(C)c(NCc2ccc(Cl)cc2)cc1Cl. The molecule has 0 unspecified atom stereocenters. The van der Waals surface area contributed by atoms with E-state index in [9.17, 15) is 0 Å². The summed E-state index contributed by atoms with van der Waals surface area (Å²) >= 11 is 12.2. The second kappa shape index (κ2) is 8.23. The molecule has 2 aromatic carbocycles. The maximum absolute atomic E-state index is 6.34. The molecule has 0 atom stereocenters. The molecule has 0 amide bonds. The van der Waals surface area contributed by atoms with Gasteiger partial charge in [-0.3, -0.25) is 0 Å². The first-order chi connectivity index (χ1) is 11.0. The number of aryl methyl sites for hydroxylation is 1. The summed E-state index contributed by atoms with van der Waals surface area (Å²) in [5.41, 5.74) is 4.06. The fraction of sp³-hybridized carbons (Fsp3) is 0.278. The van der Waals surface area contributed by atoms with Crippen molar-refractivity contribution in [2.24, 2.45) is 4.99 Å². The van der Waals surface area contributed by atoms with E-state index in [1.807, 2.05) is 55.3 Å². The van der Waals surface area contributed by atoms with Crippen molar-refractivity contribution >= 4 is 40.9 Å². The Morgan fingerprint density at radius 2 is 1.87 bits per heavy atom. The van der Waals surface area contributed by atoms with Crippen molar-refractivity contribution in [2.45, 2.75) is 20.4 Å². The molecule has 1 N–H and O–H groups in total. The molecule has 23 heavy (non-hydrogen) atoms. The van der Waals surface area contributed by atoms with Crippen molar-refractivity contribution in [1.82, 2.24) is 4.90 Å². The zero-order valence-corrected chi connectivity index (χ0v) is 15.1. The van der Waals surface area contributed by atoms with Crippen LogP contribution in [0.1, 0.15) is 18.1 Å². The first-order valence-electron chi connectivity index (χ1n) is 7.52. The maximum atomic E-state index is 6.34. The summed E-state index contributed by atoms with van der Waals surface area (Å²) in [6.07, 6.45) is 1.79. The summed E-state index contributed by atoms with van der Waals surface area (Å²) < 4.78 is 0. The predicted octanol–water partition coefficient (Wildman–Crippen LogP) is 5.53. The molecule has 3 nitrogen and oxygen atoms in total. The van der Waals surface area contributed by atoms with Crippen LogP contribution in [0.3, 0.4) is 0 Å². The Hall–Kier alpha value is -1.71. The van der Waals surface area contributed by atoms with Gasteiger partial charge in [0.25, 0.3) is 0 Å². The van der Waals surface area contributed by atoms with Crippen LogP contribution in [0.2, 0.25) is 10.0 Å². The maximum Gasteiger partial charge on any atom is 0.0910 e. The van der Waals surface area contributed by atoms with E-state index in [1.54, 1.807) is 6.34 Å². The lowest BCUT2D eigenvalue weighted by Crippen LogP contribution is -2.14. The third kappa shape index (κ3) is 5.15. The van der Waals surface area contributed by atoms with Gasteiger partial charge in [-0.1, -0.05) is 35.3 Å². The van der Waals surface area contributed by atoms with Gasteiger partial charge in [0.05, 0.1) is 17.0 Å². The summed E-state index contributed by atoms with van der Waals surface area (Å²) in [5.74, 6) is 0. The Labute approximate surface area is 147 Å². The highest BCUT2D eigenvalue weighted by molar-refractivity contribution is 6.33. The molecular formula is C18H21Cl2N3. The summed E-state index contributed by atoms with van der Waals surface area (Å²) in [4.78, 5) is 6.43. The van der Waals surface area contributed by atoms with Gasteiger partial charge in [0.15, 0.2) is 0 Å². The molecule has 0 aliphatic rings. The number of nitrogens with one attached hydrogen (secondary N) is 1. The van der Waals surface area contributed by atoms with Crippen LogP contribution in [-0.4, -0.2) is 24.8 Å². The molecule has 0 spiro atoms. The summed E-state index contributed by atoms with van der Waals surface area (Å²) in [6, 6.07) is 11.7. The molecule has 2 aromatic rings. The van der Waals surface area contributed by atoms with Gasteiger partial charge in [-0.2, -0.15) is 0 Å². The molecule has 0 saturated heterocycles. The standard InChI is InChI=1S/C18H21Cl2N3/c1-4-23(3)12-22-18-9-13(2)17(10-16(18)20)21-11-14-5-7-15(19)8-6-14/h5-10,12,21H,4,11H2,1-3H3/b22-12-. The van der Waals surface area contributed by atoms with Gasteiger partial charge < -0.3 is 10.2 Å². The number of benzene rings is 2. The molecule has 0 heterocycles. The van der Waals surface area contributed by atoms with Crippen molar-refractivity contribution in [1.29, 1.82) is 0 Å². The van der Waals surface area contributed by atoms with Gasteiger partial charge >= 0.3 is 0 Å². The Kier molecular flexibility index (Phi) is 6.31. The van der Waals surface area contributed by atoms with Gasteiger partial charge in [0.2, 0.25) is 0 Å². The average molecular weight is 350 g/mol. The van der Waals surface area contributed by atoms with Gasteiger partial charge in [-0.05, 0) is 49.2 Å². The third-order valence-corrected chi connectivity index (χ3v) is 4.14. The number of aliphatic imine (C=N–C) groups is 1. The minimum absolute atomic E-state index is 0.634. The van der Waals surface area contributed by atoms with Crippen LogP contribution in [0.4, 0.5) is 11.4 Å². The lowest BCUT2D eigenvalue weighted by atomic mass is 10.1. The average Bonchev–Trinajstić information content (AvgIpc) is 2.55. The number of anilines is 1. The highest BCUT2D eigenvalue weighted by atomic mass is 35.5. The Morgan fingerprint density at radius 3 is 2.52 bits per heavy atom. The predicted molar refractivity (Wildman–Crippen MR) is 101 cm³/mol. The summed E-state index contributed by atoms with van der Waals surface area (Å²) in [6.45, 7) is 5.74. The first-order valence-corrected chi connectivity index (χ1v) is 8.28. The summed E-state index contributed by atoms with van der Waals surface area (Å²) in [7, 11) is 1.98. The molecule has 0 radical (unpaired) electrons. The van der Waals surface area contributed by atoms with E-state index < -0.39 is 0 Å². The minimum atomic E-state index is 0.634. The number of nitrogens with zero attached hydrogens (tertiary/aromatic N) is 2. The van der Waals surface area contributed by atoms with Crippen LogP contribution in [0.25, 0.3) is 0 Å². The summed E-state index contributed by atoms with van der Waals surface area (Å²) in [5, 5.41) is 4.78. The van der Waals surface area contributed by atoms with E-state index in [0.29, 0.717) is 5.02 Å². The van der Waals surface area contributed by atoms with Crippen LogP contribution in [-0.2, 0) is 6.54 Å². The zero-order chi connectivity index (χ0) is 16.8. The number of halogens is 2. The van der Waals surface area contributed by atoms with E-state index in [2.05, 4.69) is 17.2 Å². The van der Waals surface area contributed by atoms with Crippen molar-refractivity contribution in [2.75, 3.05) is 18.9 Å². The largest absolute Gasteiger partial charge is 0.381 e. The lowest BCUT2D eigenvalue weighted by molar-refractivity contribution is 0.552. The van der Waals surface area contributed by atoms with Crippen LogP contribution >= 0.6 is 23.2 Å². The van der Waals surface area contributed by atoms with E-state index in [0.717, 1.165) is 40.6 Å². The zero-order valence-electron chi connectivity index (χ0n) is 13.6. The molecule has 0 fully saturated rings. The van der Waals surface area contributed by atoms with E-state index in [4.69, 9.17) is 23.2 Å². The fourth-order valence-corrected chi connectivity index (χ4v) is 2.34. The van der Waals surface area contributed by atoms with E-state index in [1.165, 1.54) is 0 Å². The lowest BCUT2D eigenvalue weighted by Gasteiger charge is -2.13. The molecule has 0 aliphatic carbocycles. The van der Waals surface area contributed by atoms with Crippen molar-refractivity contribution in [3.8, 4) is 0 Å². The quantitative estimate of drug-likeness (QED) is 0.548. The molecule has 122 valence electrons. The van der Waals surface area contributed by atoms with E-state index in [-0.39, 0.29) is 0 Å². The molecule has 0 aromatic heterocycles. The van der Waals surface area contributed by atoms with Gasteiger partial charge in [0, 0.05) is 30.8 Å². The second-order valence-electron chi connectivity index (χ2n) is 5.42. The molecule has 5 heteroatoms. The fourth-order valence-electron chi connectivity index (χ4n) is 2.00. The van der Waals surface area contributed by atoms with Crippen LogP contribution in [0.5, 0.6) is 0 Å². The molecule has 0 saturated carbocycles. The highest BCUT2D eigenvalue weighted by Gasteiger charge is 2.05. The highest BCUT2D eigenvalue weighted by Crippen LogP contribution is 2.31. The Balaban J connectivity index is 2.10. The number of rotatable bonds is 6. The van der Waals surface area contributed by atoms with Crippen LogP contribution in [0, 0.1) is 6.92 Å². The van der Waals surface area contributed by atoms with E-state index >= 15 is 0 Å². The first kappa shape index (κ1) is 17.6. The minimum Gasteiger partial charge on any atom is -0.381 e. The molecule has 0 aliphatic heterocycles. The smallest absolute Gasteiger partial charge is 0.0910 e. The van der Waals surface area contributed by atoms with Gasteiger partial charge in [-0.15, -0.1) is 0 Å². The Bertz CT molecular complexity index is 681. The van der Waals surface area contributed by atoms with Crippen molar-refractivity contribution in [3.05, 3.63) is 57.6 Å². The van der Waals surface area contributed by atoms with Gasteiger partial charge in [0.1, 0.15) is 0 Å². The Morgan fingerprint density at radius 1 is 1.17 bits per heavy atom. The number of hydrogen-bond acceptors (Lipinski definition) is 2. The normalized spacial score (nSPS) is 11.0. The third-order valence-electron chi connectivity index (χ3n) is 3.58. The second-order valence-corrected chi connectivity index (χ2v) is 6.26. The van der Waals surface area contributed by atoms with Crippen LogP contribution < -0.4 is 5.32 Å². The molecular weight excluding hydrogens is 329 g/mol.